The maximum Gasteiger partial charge on any atom is 0.195 e. The molecule has 0 aromatic carbocycles. The van der Waals surface area contributed by atoms with Crippen molar-refractivity contribution in [2.75, 3.05) is 53.6 Å². The van der Waals surface area contributed by atoms with Crippen LogP contribution >= 0.6 is 92.8 Å². The van der Waals surface area contributed by atoms with Gasteiger partial charge in [0.15, 0.2) is 43.5 Å². The van der Waals surface area contributed by atoms with Crippen molar-refractivity contribution < 1.29 is 158 Å². The van der Waals surface area contributed by atoms with Crippen LogP contribution in [0.3, 0.4) is 0 Å². The monoisotopic (exact) mass is 1460 g/mol. The fourth-order valence-electron chi connectivity index (χ4n) is 11.3. The van der Waals surface area contributed by atoms with Crippen LogP contribution in [0.4, 0.5) is 0 Å². The second-order valence-corrected chi connectivity index (χ2v) is 25.0. The molecule has 8 aliphatic heterocycles. The molecule has 38 unspecified atom stereocenters. The summed E-state index contributed by atoms with van der Waals surface area (Å²) in [4.78, 5) is 11.2. The third-order valence-electron chi connectivity index (χ3n) is 16.4. The molecule has 0 saturated carbocycles. The molecule has 8 rings (SSSR count). The van der Waals surface area contributed by atoms with E-state index in [2.05, 4.69) is 0 Å². The average molecular weight is 1460 g/mol. The summed E-state index contributed by atoms with van der Waals surface area (Å²) in [5.74, 6) is -5.90. The van der Waals surface area contributed by atoms with Crippen LogP contribution in [-0.4, -0.2) is 368 Å². The molecule has 89 heavy (non-hydrogen) atoms. The van der Waals surface area contributed by atoms with Crippen molar-refractivity contribution in [2.45, 2.75) is 246 Å². The number of halogens is 8. The van der Waals surface area contributed by atoms with E-state index in [1.807, 2.05) is 0 Å². The second kappa shape index (κ2) is 33.3. The quantitative estimate of drug-likeness (QED) is 0.0157. The summed E-state index contributed by atoms with van der Waals surface area (Å²) >= 11 is 49.5. The normalized spacial score (nSPS) is 50.2. The first-order valence-corrected chi connectivity index (χ1v) is 32.4. The van der Waals surface area contributed by atoms with E-state index in [1.54, 1.807) is 0 Å². The molecule has 32 nitrogen and oxygen atoms in total. The molecular weight excluding hydrogens is 1380 g/mol. The fourth-order valence-corrected chi connectivity index (χ4v) is 13.3. The van der Waals surface area contributed by atoms with Gasteiger partial charge < -0.3 is 148 Å². The highest BCUT2D eigenvalue weighted by Gasteiger charge is 2.61. The molecule has 38 atom stereocenters. The van der Waals surface area contributed by atoms with Crippen LogP contribution in [0.5, 0.6) is 0 Å². The number of epoxide rings is 1. The van der Waals surface area contributed by atoms with Crippen LogP contribution in [0, 0.1) is 0 Å². The Morgan fingerprint density at radius 1 is 0.416 bits per heavy atom. The van der Waals surface area contributed by atoms with E-state index >= 15 is 0 Å². The Bertz CT molecular complexity index is 2150. The topological polar surface area (TPSA) is 475 Å². The lowest BCUT2D eigenvalue weighted by atomic mass is 9.94. The smallest absolute Gasteiger partial charge is 0.195 e. The van der Waals surface area contributed by atoms with Crippen molar-refractivity contribution >= 4 is 92.8 Å². The molecule has 0 bridgehead atoms. The van der Waals surface area contributed by atoms with Crippen LogP contribution < -0.4 is 0 Å². The molecule has 0 radical (unpaired) electrons. The molecule has 16 N–H and O–H groups in total. The fraction of sp³-hybridized carbons (Fsp3) is 1.00. The lowest BCUT2D eigenvalue weighted by molar-refractivity contribution is -0.430. The standard InChI is InChI=1S/C49H76Cl8O32/c1-12(59)22(61)40(21(10-57)88-89-41-19(8-55)78-47(33(72)28(41)67)84-39-18(7-54)79-48-42(85-48)34(39)73)87-49(11-58)2-13(60)35(20(9-56)86-49)80-44-30(69)25(64)37(15(4-51)75-44)82-46-32(71)27(66)38(17(6-53)77-46)83-45-31(70)26(65)36(16(5-52)76-45)81-43-29(68)24(63)23(62)14(3-50)74-43/h12-48,58-73H,2-11H2,1H3. The van der Waals surface area contributed by atoms with Crippen LogP contribution in [0.2, 0.25) is 0 Å². The first-order valence-electron chi connectivity index (χ1n) is 28.1. The van der Waals surface area contributed by atoms with Gasteiger partial charge >= 0.3 is 0 Å². The lowest BCUT2D eigenvalue weighted by Gasteiger charge is -2.50. The molecule has 0 aromatic rings. The molecule has 40 heteroatoms. The van der Waals surface area contributed by atoms with Crippen molar-refractivity contribution in [3.8, 4) is 0 Å². The number of aliphatic hydroxyl groups is 16. The zero-order valence-corrected chi connectivity index (χ0v) is 52.7. The van der Waals surface area contributed by atoms with E-state index in [-0.39, 0.29) is 11.8 Å². The number of ether oxygens (including phenoxy) is 14. The zero-order chi connectivity index (χ0) is 65.2. The average Bonchev–Trinajstić information content (AvgIpc) is 1.88. The number of fused-ring (bicyclic) bond motifs is 1. The first-order chi connectivity index (χ1) is 42.3. The predicted octanol–water partition coefficient (Wildman–Crippen LogP) is -6.45. The lowest BCUT2D eigenvalue weighted by Crippen LogP contribution is -2.67. The van der Waals surface area contributed by atoms with Gasteiger partial charge in [-0.05, 0) is 6.92 Å². The Kier molecular flexibility index (Phi) is 28.3. The Balaban J connectivity index is 0.875. The van der Waals surface area contributed by atoms with Gasteiger partial charge in [0.1, 0.15) is 177 Å². The molecule has 0 amide bonds. The summed E-state index contributed by atoms with van der Waals surface area (Å²) in [5, 5.41) is 177. The summed E-state index contributed by atoms with van der Waals surface area (Å²) in [6.07, 6.45) is -60.9. The molecule has 0 aliphatic carbocycles. The molecule has 8 aliphatic rings. The minimum atomic E-state index is -2.35. The summed E-state index contributed by atoms with van der Waals surface area (Å²) in [6, 6.07) is 0. The van der Waals surface area contributed by atoms with E-state index in [0.717, 1.165) is 6.92 Å². The van der Waals surface area contributed by atoms with E-state index < -0.39 is 281 Å². The largest absolute Gasteiger partial charge is 0.391 e. The SMILES string of the molecule is CC(O)C(O)C(OC1(CO)CC(O)C(OC2OC(CCl)C(OC3OC(CCl)C(OC4OC(CCl)C(OC5OC(CCl)C(O)C(O)C5O)C(O)C4O)C(O)C3O)C(O)C2O)C(CCl)O1)C(CCl)OOC1C(CCl)OC(OC2C(CCl)OC3OC3C2O)C(O)C1O. The van der Waals surface area contributed by atoms with Crippen molar-refractivity contribution in [1.29, 1.82) is 0 Å². The maximum absolute atomic E-state index is 11.7. The second-order valence-electron chi connectivity index (χ2n) is 22.5. The summed E-state index contributed by atoms with van der Waals surface area (Å²) in [5.41, 5.74) is 0. The highest BCUT2D eigenvalue weighted by atomic mass is 35.5. The van der Waals surface area contributed by atoms with Crippen molar-refractivity contribution in [3.05, 3.63) is 0 Å². The summed E-state index contributed by atoms with van der Waals surface area (Å²) in [6.45, 7) is 0.0589. The Labute approximate surface area is 547 Å². The third kappa shape index (κ3) is 16.5. The molecule has 0 spiro atoms. The van der Waals surface area contributed by atoms with Crippen LogP contribution in [0.25, 0.3) is 0 Å². The molecule has 8 heterocycles. The van der Waals surface area contributed by atoms with Gasteiger partial charge in [-0.25, -0.2) is 9.78 Å². The van der Waals surface area contributed by atoms with Gasteiger partial charge in [-0.1, -0.05) is 0 Å². The van der Waals surface area contributed by atoms with Gasteiger partial charge in [0.2, 0.25) is 0 Å². The number of hydrogen-bond donors (Lipinski definition) is 16. The van der Waals surface area contributed by atoms with E-state index in [1.165, 1.54) is 0 Å². The Morgan fingerprint density at radius 2 is 0.775 bits per heavy atom. The molecule has 8 fully saturated rings. The number of alkyl halides is 8. The van der Waals surface area contributed by atoms with E-state index in [9.17, 15) is 81.7 Å². The highest BCUT2D eigenvalue weighted by Crippen LogP contribution is 2.42. The third-order valence-corrected chi connectivity index (χ3v) is 18.9. The van der Waals surface area contributed by atoms with Gasteiger partial charge in [0.05, 0.1) is 65.9 Å². The minimum absolute atomic E-state index is 0.147. The van der Waals surface area contributed by atoms with Crippen LogP contribution in [0.1, 0.15) is 13.3 Å². The van der Waals surface area contributed by atoms with E-state index in [4.69, 9.17) is 169 Å². The Hall–Kier alpha value is 1.04. The van der Waals surface area contributed by atoms with Gasteiger partial charge in [0, 0.05) is 6.42 Å². The number of aliphatic hydroxyl groups excluding tert-OH is 16. The molecule has 8 saturated heterocycles. The summed E-state index contributed by atoms with van der Waals surface area (Å²) < 4.78 is 81.4. The van der Waals surface area contributed by atoms with Gasteiger partial charge in [-0.2, -0.15) is 0 Å². The van der Waals surface area contributed by atoms with Gasteiger partial charge in [-0.3, -0.25) is 0 Å². The van der Waals surface area contributed by atoms with E-state index in [0.29, 0.717) is 0 Å². The zero-order valence-electron chi connectivity index (χ0n) is 46.6. The Morgan fingerprint density at radius 3 is 1.17 bits per heavy atom. The van der Waals surface area contributed by atoms with Crippen molar-refractivity contribution in [2.24, 2.45) is 0 Å². The predicted molar refractivity (Wildman–Crippen MR) is 297 cm³/mol. The number of rotatable bonds is 27. The van der Waals surface area contributed by atoms with Crippen molar-refractivity contribution in [3.63, 3.8) is 0 Å². The van der Waals surface area contributed by atoms with Crippen molar-refractivity contribution in [1.82, 2.24) is 0 Å². The maximum atomic E-state index is 11.7. The van der Waals surface area contributed by atoms with Crippen LogP contribution in [-0.2, 0) is 76.1 Å². The molecule has 0 aromatic heterocycles. The highest BCUT2D eigenvalue weighted by molar-refractivity contribution is 6.19. The molecule has 520 valence electrons. The number of hydrogen-bond acceptors (Lipinski definition) is 32. The first kappa shape index (κ1) is 75.8. The molecular formula is C49H76Cl8O32. The van der Waals surface area contributed by atoms with Gasteiger partial charge in [0.25, 0.3) is 0 Å². The van der Waals surface area contributed by atoms with Crippen LogP contribution in [0.15, 0.2) is 0 Å². The van der Waals surface area contributed by atoms with Gasteiger partial charge in [-0.15, -0.1) is 92.8 Å². The summed E-state index contributed by atoms with van der Waals surface area (Å²) in [7, 11) is 0. The minimum Gasteiger partial charge on any atom is -0.391 e.